The molecule has 0 fully saturated rings. The van der Waals surface area contributed by atoms with Gasteiger partial charge in [0.05, 0.1) is 0 Å². The molecule has 7 heteroatoms. The van der Waals surface area contributed by atoms with Gasteiger partial charge in [-0.2, -0.15) is 4.31 Å². The molecule has 0 unspecified atom stereocenters. The first-order valence-corrected chi connectivity index (χ1v) is 7.82. The zero-order valence-corrected chi connectivity index (χ0v) is 12.7. The van der Waals surface area contributed by atoms with Crippen molar-refractivity contribution in [3.63, 3.8) is 0 Å². The van der Waals surface area contributed by atoms with Gasteiger partial charge >= 0.3 is 0 Å². The summed E-state index contributed by atoms with van der Waals surface area (Å²) in [6.07, 6.45) is 0.667. The van der Waals surface area contributed by atoms with Crippen LogP contribution in [-0.4, -0.2) is 25.8 Å². The van der Waals surface area contributed by atoms with E-state index in [2.05, 4.69) is 15.9 Å². The van der Waals surface area contributed by atoms with Crippen LogP contribution < -0.4 is 5.73 Å². The highest BCUT2D eigenvalue weighted by Gasteiger charge is 2.26. The maximum Gasteiger partial charge on any atom is 0.246 e. The quantitative estimate of drug-likeness (QED) is 0.839. The molecular weight excluding hydrogens is 323 g/mol. The monoisotopic (exact) mass is 338 g/mol. The molecule has 1 aromatic rings. The molecule has 0 saturated heterocycles. The first-order chi connectivity index (χ1) is 8.34. The highest BCUT2D eigenvalue weighted by Crippen LogP contribution is 2.28. The average Bonchev–Trinajstić information content (AvgIpc) is 2.30. The summed E-state index contributed by atoms with van der Waals surface area (Å²) in [5.74, 6) is -0.800. The third-order valence-electron chi connectivity index (χ3n) is 2.49. The number of anilines is 1. The molecular formula is C11H16BrFN2O2S. The Balaban J connectivity index is 3.32. The van der Waals surface area contributed by atoms with Gasteiger partial charge in [0.15, 0.2) is 0 Å². The number of nitrogens with zero attached hydrogens (tertiary/aromatic N) is 1. The van der Waals surface area contributed by atoms with Crippen molar-refractivity contribution in [2.75, 3.05) is 18.8 Å². The lowest BCUT2D eigenvalue weighted by Crippen LogP contribution is -2.32. The fourth-order valence-corrected chi connectivity index (χ4v) is 3.52. The zero-order valence-electron chi connectivity index (χ0n) is 10.3. The van der Waals surface area contributed by atoms with Gasteiger partial charge in [-0.05, 0) is 34.5 Å². The van der Waals surface area contributed by atoms with E-state index < -0.39 is 15.8 Å². The summed E-state index contributed by atoms with van der Waals surface area (Å²) in [7, 11) is -3.83. The Kier molecular flexibility index (Phi) is 5.12. The van der Waals surface area contributed by atoms with Crippen LogP contribution in [0.2, 0.25) is 0 Å². The Hall–Kier alpha value is -0.660. The number of nitrogen functional groups attached to an aromatic ring is 1. The number of rotatable bonds is 5. The van der Waals surface area contributed by atoms with E-state index in [1.807, 2.05) is 6.92 Å². The van der Waals surface area contributed by atoms with Gasteiger partial charge in [0.25, 0.3) is 0 Å². The van der Waals surface area contributed by atoms with Crippen LogP contribution in [0, 0.1) is 5.82 Å². The van der Waals surface area contributed by atoms with E-state index in [1.54, 1.807) is 6.92 Å². The van der Waals surface area contributed by atoms with Crippen molar-refractivity contribution < 1.29 is 12.8 Å². The van der Waals surface area contributed by atoms with Crippen LogP contribution >= 0.6 is 15.9 Å². The third-order valence-corrected chi connectivity index (χ3v) is 5.17. The second-order valence-corrected chi connectivity index (χ2v) is 6.56. The molecule has 0 aliphatic rings. The minimum Gasteiger partial charge on any atom is -0.398 e. The van der Waals surface area contributed by atoms with Gasteiger partial charge in [-0.25, -0.2) is 12.8 Å². The number of hydrogen-bond acceptors (Lipinski definition) is 3. The Labute approximate surface area is 115 Å². The molecule has 0 aromatic heterocycles. The molecule has 0 aliphatic heterocycles. The number of hydrogen-bond donors (Lipinski definition) is 1. The van der Waals surface area contributed by atoms with Gasteiger partial charge in [-0.15, -0.1) is 0 Å². The molecule has 2 N–H and O–H groups in total. The third kappa shape index (κ3) is 3.02. The Morgan fingerprint density at radius 1 is 1.39 bits per heavy atom. The fraction of sp³-hybridized carbons (Fsp3) is 0.455. The predicted octanol–water partition coefficient (Wildman–Crippen LogP) is 2.59. The highest BCUT2D eigenvalue weighted by molar-refractivity contribution is 9.10. The smallest absolute Gasteiger partial charge is 0.246 e. The number of sulfonamides is 1. The van der Waals surface area contributed by atoms with Crippen molar-refractivity contribution in [3.05, 3.63) is 22.4 Å². The lowest BCUT2D eigenvalue weighted by molar-refractivity contribution is 0.423. The largest absolute Gasteiger partial charge is 0.398 e. The van der Waals surface area contributed by atoms with Crippen LogP contribution in [0.1, 0.15) is 20.3 Å². The van der Waals surface area contributed by atoms with Gasteiger partial charge in [-0.1, -0.05) is 13.8 Å². The van der Waals surface area contributed by atoms with Gasteiger partial charge in [0.2, 0.25) is 10.0 Å². The average molecular weight is 339 g/mol. The van der Waals surface area contributed by atoms with Gasteiger partial charge in [-0.3, -0.25) is 0 Å². The predicted molar refractivity (Wildman–Crippen MR) is 73.2 cm³/mol. The summed E-state index contributed by atoms with van der Waals surface area (Å²) >= 11 is 3.06. The van der Waals surface area contributed by atoms with E-state index in [0.29, 0.717) is 24.0 Å². The summed E-state index contributed by atoms with van der Waals surface area (Å²) in [6, 6.07) is 2.22. The van der Waals surface area contributed by atoms with Gasteiger partial charge < -0.3 is 5.73 Å². The first-order valence-electron chi connectivity index (χ1n) is 5.59. The van der Waals surface area contributed by atoms with Crippen LogP contribution in [0.3, 0.4) is 0 Å². The van der Waals surface area contributed by atoms with Gasteiger partial charge in [0.1, 0.15) is 10.7 Å². The summed E-state index contributed by atoms with van der Waals surface area (Å²) < 4.78 is 39.9. The summed E-state index contributed by atoms with van der Waals surface area (Å²) in [6.45, 7) is 4.23. The molecule has 0 atom stereocenters. The topological polar surface area (TPSA) is 63.4 Å². The number of benzene rings is 1. The SMILES string of the molecule is CCCN(CC)S(=O)(=O)c1cc(N)c(Br)cc1F. The maximum atomic E-state index is 13.8. The van der Waals surface area contributed by atoms with Gasteiger partial charge in [0, 0.05) is 23.2 Å². The molecule has 0 spiro atoms. The molecule has 1 aromatic carbocycles. The van der Waals surface area contributed by atoms with E-state index in [1.165, 1.54) is 4.31 Å². The van der Waals surface area contributed by atoms with Crippen LogP contribution in [-0.2, 0) is 10.0 Å². The minimum absolute atomic E-state index is 0.197. The fourth-order valence-electron chi connectivity index (χ4n) is 1.58. The normalized spacial score (nSPS) is 12.1. The molecule has 0 radical (unpaired) electrons. The summed E-state index contributed by atoms with van der Waals surface area (Å²) in [5.41, 5.74) is 5.80. The Bertz CT molecular complexity index is 534. The van der Waals surface area contributed by atoms with Crippen molar-refractivity contribution in [1.29, 1.82) is 0 Å². The number of nitrogens with two attached hydrogens (primary N) is 1. The molecule has 0 heterocycles. The highest BCUT2D eigenvalue weighted by atomic mass is 79.9. The van der Waals surface area contributed by atoms with Crippen molar-refractivity contribution in [2.45, 2.75) is 25.2 Å². The van der Waals surface area contributed by atoms with E-state index in [0.717, 1.165) is 12.1 Å². The van der Waals surface area contributed by atoms with E-state index >= 15 is 0 Å². The van der Waals surface area contributed by atoms with Crippen LogP contribution in [0.4, 0.5) is 10.1 Å². The van der Waals surface area contributed by atoms with E-state index in [9.17, 15) is 12.8 Å². The molecule has 0 bridgehead atoms. The van der Waals surface area contributed by atoms with Crippen LogP contribution in [0.5, 0.6) is 0 Å². The first kappa shape index (κ1) is 15.4. The van der Waals surface area contributed by atoms with Crippen LogP contribution in [0.15, 0.2) is 21.5 Å². The molecule has 0 aliphatic carbocycles. The Morgan fingerprint density at radius 3 is 2.50 bits per heavy atom. The van der Waals surface area contributed by atoms with E-state index in [4.69, 9.17) is 5.73 Å². The summed E-state index contributed by atoms with van der Waals surface area (Å²) in [4.78, 5) is -0.376. The molecule has 18 heavy (non-hydrogen) atoms. The van der Waals surface area contributed by atoms with E-state index in [-0.39, 0.29) is 10.6 Å². The maximum absolute atomic E-state index is 13.8. The Morgan fingerprint density at radius 2 is 2.00 bits per heavy atom. The zero-order chi connectivity index (χ0) is 13.9. The second-order valence-electron chi connectivity index (χ2n) is 3.80. The number of halogens is 2. The van der Waals surface area contributed by atoms with Crippen molar-refractivity contribution in [2.24, 2.45) is 0 Å². The van der Waals surface area contributed by atoms with Crippen LogP contribution in [0.25, 0.3) is 0 Å². The van der Waals surface area contributed by atoms with Crippen molar-refractivity contribution in [1.82, 2.24) is 4.31 Å². The lowest BCUT2D eigenvalue weighted by atomic mass is 10.3. The lowest BCUT2D eigenvalue weighted by Gasteiger charge is -2.20. The van der Waals surface area contributed by atoms with Crippen molar-refractivity contribution in [3.8, 4) is 0 Å². The molecule has 4 nitrogen and oxygen atoms in total. The minimum atomic E-state index is -3.83. The van der Waals surface area contributed by atoms with Crippen molar-refractivity contribution >= 4 is 31.6 Å². The molecule has 1 rings (SSSR count). The second kappa shape index (κ2) is 5.99. The molecule has 0 amide bonds. The standard InChI is InChI=1S/C11H16BrFN2O2S/c1-3-5-15(4-2)18(16,17)11-7-10(14)8(12)6-9(11)13/h6-7H,3-5,14H2,1-2H3. The molecule has 0 saturated carbocycles. The summed E-state index contributed by atoms with van der Waals surface area (Å²) in [5, 5.41) is 0. The molecule has 102 valence electrons.